The van der Waals surface area contributed by atoms with Gasteiger partial charge in [-0.15, -0.1) is 10.2 Å². The zero-order valence-electron chi connectivity index (χ0n) is 19.0. The first kappa shape index (κ1) is 23.1. The number of amides is 1. The maximum atomic E-state index is 12.2. The molecule has 33 heavy (non-hydrogen) atoms. The van der Waals surface area contributed by atoms with Crippen molar-refractivity contribution in [1.29, 1.82) is 0 Å². The van der Waals surface area contributed by atoms with Gasteiger partial charge in [-0.1, -0.05) is 23.9 Å². The maximum absolute atomic E-state index is 12.2. The molecule has 1 aliphatic heterocycles. The van der Waals surface area contributed by atoms with E-state index >= 15 is 0 Å². The molecule has 1 fully saturated rings. The van der Waals surface area contributed by atoms with Crippen molar-refractivity contribution in [1.82, 2.24) is 20.4 Å². The summed E-state index contributed by atoms with van der Waals surface area (Å²) in [5, 5.41) is 11.4. The number of ether oxygens (including phenoxy) is 1. The summed E-state index contributed by atoms with van der Waals surface area (Å²) in [6, 6.07) is 16.0. The van der Waals surface area contributed by atoms with Crippen LogP contribution in [0.4, 0.5) is 5.69 Å². The van der Waals surface area contributed by atoms with Crippen molar-refractivity contribution >= 4 is 23.4 Å². The number of methoxy groups -OCH3 is 1. The molecule has 174 valence electrons. The van der Waals surface area contributed by atoms with Crippen LogP contribution < -0.4 is 15.0 Å². The van der Waals surface area contributed by atoms with Gasteiger partial charge in [-0.2, -0.15) is 0 Å². The Morgan fingerprint density at radius 3 is 2.64 bits per heavy atom. The molecule has 2 aromatic carbocycles. The van der Waals surface area contributed by atoms with Gasteiger partial charge in [0.05, 0.1) is 12.9 Å². The van der Waals surface area contributed by atoms with E-state index in [0.29, 0.717) is 17.7 Å². The van der Waals surface area contributed by atoms with Crippen molar-refractivity contribution in [2.75, 3.05) is 57.0 Å². The highest BCUT2D eigenvalue weighted by molar-refractivity contribution is 7.99. The highest BCUT2D eigenvalue weighted by atomic mass is 32.2. The third-order valence-corrected chi connectivity index (χ3v) is 6.38. The summed E-state index contributed by atoms with van der Waals surface area (Å²) in [5.41, 5.74) is 3.38. The van der Waals surface area contributed by atoms with Gasteiger partial charge in [0.2, 0.25) is 11.8 Å². The highest BCUT2D eigenvalue weighted by Crippen LogP contribution is 2.24. The Morgan fingerprint density at radius 1 is 1.12 bits per heavy atom. The number of thioether (sulfide) groups is 1. The highest BCUT2D eigenvalue weighted by Gasteiger charge is 2.17. The molecule has 9 heteroatoms. The van der Waals surface area contributed by atoms with Gasteiger partial charge < -0.3 is 19.4 Å². The number of anilines is 1. The summed E-state index contributed by atoms with van der Waals surface area (Å²) >= 11 is 1.24. The normalized spacial score (nSPS) is 14.3. The summed E-state index contributed by atoms with van der Waals surface area (Å²) in [6.07, 6.45) is 0. The molecule has 0 radical (unpaired) electrons. The quantitative estimate of drug-likeness (QED) is 0.481. The van der Waals surface area contributed by atoms with Crippen LogP contribution in [0.1, 0.15) is 5.56 Å². The van der Waals surface area contributed by atoms with E-state index < -0.39 is 0 Å². The Hall–Kier alpha value is -3.04. The maximum Gasteiger partial charge on any atom is 0.277 e. The van der Waals surface area contributed by atoms with E-state index in [1.54, 1.807) is 7.11 Å². The van der Waals surface area contributed by atoms with Crippen LogP contribution in [0.2, 0.25) is 0 Å². The number of hydrogen-bond acceptors (Lipinski definition) is 8. The standard InChI is InChI=1S/C24H29N5O3S/c1-18-4-3-5-20(16-18)29-14-12-28(13-15-29)11-10-25-22(30)17-33-24-27-26-23(32-24)19-6-8-21(31-2)9-7-19/h3-9,16H,10-15,17H2,1-2H3,(H,25,30). The number of benzene rings is 2. The van der Waals surface area contributed by atoms with Gasteiger partial charge in [0.15, 0.2) is 0 Å². The van der Waals surface area contributed by atoms with Crippen LogP contribution in [-0.2, 0) is 4.79 Å². The van der Waals surface area contributed by atoms with E-state index in [4.69, 9.17) is 9.15 Å². The smallest absolute Gasteiger partial charge is 0.277 e. The molecule has 2 heterocycles. The second-order valence-corrected chi connectivity index (χ2v) is 8.83. The van der Waals surface area contributed by atoms with Crippen LogP contribution in [0.15, 0.2) is 58.2 Å². The van der Waals surface area contributed by atoms with Gasteiger partial charge in [-0.25, -0.2) is 0 Å². The van der Waals surface area contributed by atoms with Crippen molar-refractivity contribution in [2.45, 2.75) is 12.1 Å². The summed E-state index contributed by atoms with van der Waals surface area (Å²) in [5.74, 6) is 1.39. The van der Waals surface area contributed by atoms with Crippen molar-refractivity contribution < 1.29 is 13.9 Å². The minimum absolute atomic E-state index is 0.0393. The van der Waals surface area contributed by atoms with Crippen molar-refractivity contribution in [3.8, 4) is 17.2 Å². The molecule has 1 aromatic heterocycles. The lowest BCUT2D eigenvalue weighted by atomic mass is 10.2. The van der Waals surface area contributed by atoms with E-state index in [1.165, 1.54) is 23.0 Å². The fourth-order valence-corrected chi connectivity index (χ4v) is 4.30. The molecule has 8 nitrogen and oxygen atoms in total. The van der Waals surface area contributed by atoms with Crippen molar-refractivity contribution in [3.05, 3.63) is 54.1 Å². The number of carbonyl (C=O) groups is 1. The van der Waals surface area contributed by atoms with Crippen LogP contribution in [0.5, 0.6) is 5.75 Å². The van der Waals surface area contributed by atoms with Gasteiger partial charge in [-0.3, -0.25) is 9.69 Å². The predicted octanol–water partition coefficient (Wildman–Crippen LogP) is 3.08. The monoisotopic (exact) mass is 467 g/mol. The topological polar surface area (TPSA) is 83.7 Å². The van der Waals surface area contributed by atoms with E-state index in [1.807, 2.05) is 24.3 Å². The lowest BCUT2D eigenvalue weighted by Crippen LogP contribution is -2.48. The van der Waals surface area contributed by atoms with Crippen LogP contribution in [0.25, 0.3) is 11.5 Å². The van der Waals surface area contributed by atoms with Crippen LogP contribution in [0.3, 0.4) is 0 Å². The Bertz CT molecular complexity index is 1050. The number of nitrogens with one attached hydrogen (secondary N) is 1. The number of aryl methyl sites for hydroxylation is 1. The van der Waals surface area contributed by atoms with Gasteiger partial charge in [0.1, 0.15) is 5.75 Å². The average molecular weight is 468 g/mol. The molecule has 0 unspecified atom stereocenters. The minimum atomic E-state index is -0.0393. The lowest BCUT2D eigenvalue weighted by Gasteiger charge is -2.36. The number of nitrogens with zero attached hydrogens (tertiary/aromatic N) is 4. The minimum Gasteiger partial charge on any atom is -0.497 e. The van der Waals surface area contributed by atoms with E-state index in [-0.39, 0.29) is 11.7 Å². The van der Waals surface area contributed by atoms with Gasteiger partial charge in [0, 0.05) is 50.5 Å². The first-order valence-corrected chi connectivity index (χ1v) is 12.0. The Labute approximate surface area is 198 Å². The molecule has 1 saturated heterocycles. The second-order valence-electron chi connectivity index (χ2n) is 7.91. The molecule has 4 rings (SSSR count). The average Bonchev–Trinajstić information content (AvgIpc) is 3.32. The third kappa shape index (κ3) is 6.49. The first-order valence-electron chi connectivity index (χ1n) is 11.0. The number of hydrogen-bond donors (Lipinski definition) is 1. The number of piperazine rings is 1. The Kier molecular flexibility index (Phi) is 7.85. The summed E-state index contributed by atoms with van der Waals surface area (Å²) < 4.78 is 10.8. The molecule has 0 spiro atoms. The van der Waals surface area contributed by atoms with E-state index in [0.717, 1.165) is 44.0 Å². The number of aromatic nitrogens is 2. The summed E-state index contributed by atoms with van der Waals surface area (Å²) in [7, 11) is 1.62. The fourth-order valence-electron chi connectivity index (χ4n) is 3.70. The molecular weight excluding hydrogens is 438 g/mol. The molecule has 0 saturated carbocycles. The van der Waals surface area contributed by atoms with E-state index in [9.17, 15) is 4.79 Å². The zero-order chi connectivity index (χ0) is 23.0. The second kappa shape index (κ2) is 11.2. The molecule has 0 aliphatic carbocycles. The summed E-state index contributed by atoms with van der Waals surface area (Å²) in [6.45, 7) is 7.59. The SMILES string of the molecule is COc1ccc(-c2nnc(SCC(=O)NCCN3CCN(c4cccc(C)c4)CC3)o2)cc1. The molecule has 0 bridgehead atoms. The molecule has 1 amide bonds. The van der Waals surface area contributed by atoms with Crippen LogP contribution in [-0.4, -0.2) is 73.1 Å². The van der Waals surface area contributed by atoms with Gasteiger partial charge >= 0.3 is 0 Å². The molecule has 1 aliphatic rings. The molecule has 0 atom stereocenters. The largest absolute Gasteiger partial charge is 0.497 e. The number of rotatable bonds is 9. The Balaban J connectivity index is 1.14. The third-order valence-electron chi connectivity index (χ3n) is 5.56. The van der Waals surface area contributed by atoms with E-state index in [2.05, 4.69) is 56.5 Å². The van der Waals surface area contributed by atoms with Crippen molar-refractivity contribution in [2.24, 2.45) is 0 Å². The Morgan fingerprint density at radius 2 is 1.91 bits per heavy atom. The molecule has 3 aromatic rings. The fraction of sp³-hybridized carbons (Fsp3) is 0.375. The summed E-state index contributed by atoms with van der Waals surface area (Å²) in [4.78, 5) is 17.0. The molecular formula is C24H29N5O3S. The zero-order valence-corrected chi connectivity index (χ0v) is 19.8. The predicted molar refractivity (Wildman–Crippen MR) is 130 cm³/mol. The number of carbonyl (C=O) groups excluding carboxylic acids is 1. The van der Waals surface area contributed by atoms with Crippen molar-refractivity contribution in [3.63, 3.8) is 0 Å². The lowest BCUT2D eigenvalue weighted by molar-refractivity contribution is -0.118. The van der Waals surface area contributed by atoms with Gasteiger partial charge in [-0.05, 0) is 48.9 Å². The molecule has 1 N–H and O–H groups in total. The van der Waals surface area contributed by atoms with Crippen LogP contribution >= 0.6 is 11.8 Å². The van der Waals surface area contributed by atoms with Gasteiger partial charge in [0.25, 0.3) is 5.22 Å². The first-order chi connectivity index (χ1) is 16.1. The van der Waals surface area contributed by atoms with Crippen LogP contribution in [0, 0.1) is 6.92 Å².